The van der Waals surface area contributed by atoms with Crippen molar-refractivity contribution < 1.29 is 13.9 Å². The number of amides is 1. The summed E-state index contributed by atoms with van der Waals surface area (Å²) in [5, 5.41) is 4.17. The maximum absolute atomic E-state index is 11.8. The van der Waals surface area contributed by atoms with E-state index in [4.69, 9.17) is 9.15 Å². The Bertz CT molecular complexity index is 670. The molecule has 1 N–H and O–H groups in total. The average Bonchev–Trinajstić information content (AvgIpc) is 2.99. The van der Waals surface area contributed by atoms with Crippen LogP contribution in [0.25, 0.3) is 11.0 Å². The molecule has 2 aromatic rings. The van der Waals surface area contributed by atoms with Gasteiger partial charge in [0.1, 0.15) is 11.3 Å². The first kappa shape index (κ1) is 11.8. The lowest BCUT2D eigenvalue weighted by Crippen LogP contribution is -2.25. The molecule has 4 nitrogen and oxygen atoms in total. The number of ether oxygens (including phenoxy) is 1. The third kappa shape index (κ3) is 2.05. The van der Waals surface area contributed by atoms with E-state index >= 15 is 0 Å². The van der Waals surface area contributed by atoms with Crippen LogP contribution in [-0.2, 0) is 17.6 Å². The van der Waals surface area contributed by atoms with Crippen LogP contribution >= 0.6 is 0 Å². The SMILES string of the molecule is O=C(CCc1coc2ccc3c(c12)CCO3)NC1CC1. The van der Waals surface area contributed by atoms with Gasteiger partial charge in [0.05, 0.1) is 12.9 Å². The minimum Gasteiger partial charge on any atom is -0.493 e. The molecule has 1 aromatic heterocycles. The fourth-order valence-corrected chi connectivity index (χ4v) is 2.86. The average molecular weight is 271 g/mol. The van der Waals surface area contributed by atoms with Crippen molar-refractivity contribution in [3.05, 3.63) is 29.5 Å². The van der Waals surface area contributed by atoms with Gasteiger partial charge in [0.15, 0.2) is 0 Å². The smallest absolute Gasteiger partial charge is 0.220 e. The van der Waals surface area contributed by atoms with Crippen molar-refractivity contribution in [3.63, 3.8) is 0 Å². The Hall–Kier alpha value is -1.97. The molecule has 4 heteroatoms. The van der Waals surface area contributed by atoms with Crippen molar-refractivity contribution >= 4 is 16.9 Å². The number of hydrogen-bond acceptors (Lipinski definition) is 3. The van der Waals surface area contributed by atoms with Gasteiger partial charge in [-0.2, -0.15) is 0 Å². The van der Waals surface area contributed by atoms with Crippen molar-refractivity contribution in [1.29, 1.82) is 0 Å². The molecule has 0 atom stereocenters. The minimum atomic E-state index is 0.144. The van der Waals surface area contributed by atoms with Crippen LogP contribution in [0.2, 0.25) is 0 Å². The van der Waals surface area contributed by atoms with E-state index in [0.717, 1.165) is 54.6 Å². The monoisotopic (exact) mass is 271 g/mol. The summed E-state index contributed by atoms with van der Waals surface area (Å²) in [6.07, 6.45) is 6.22. The zero-order chi connectivity index (χ0) is 13.5. The van der Waals surface area contributed by atoms with E-state index in [2.05, 4.69) is 5.32 Å². The quantitative estimate of drug-likeness (QED) is 0.930. The van der Waals surface area contributed by atoms with Gasteiger partial charge in [-0.15, -0.1) is 0 Å². The molecule has 1 fully saturated rings. The maximum atomic E-state index is 11.8. The first-order valence-corrected chi connectivity index (χ1v) is 7.25. The van der Waals surface area contributed by atoms with Gasteiger partial charge in [-0.05, 0) is 37.0 Å². The van der Waals surface area contributed by atoms with Crippen LogP contribution in [0, 0.1) is 0 Å². The lowest BCUT2D eigenvalue weighted by atomic mass is 10.0. The number of fused-ring (bicyclic) bond motifs is 3. The van der Waals surface area contributed by atoms with Crippen LogP contribution in [0.3, 0.4) is 0 Å². The molecule has 1 aliphatic carbocycles. The first-order chi connectivity index (χ1) is 9.81. The molecule has 104 valence electrons. The third-order valence-corrected chi connectivity index (χ3v) is 4.05. The van der Waals surface area contributed by atoms with Gasteiger partial charge in [-0.3, -0.25) is 4.79 Å². The van der Waals surface area contributed by atoms with Crippen LogP contribution in [0.15, 0.2) is 22.8 Å². The Kier molecular flexibility index (Phi) is 2.69. The Labute approximate surface area is 117 Å². The summed E-state index contributed by atoms with van der Waals surface area (Å²) in [5.41, 5.74) is 3.24. The second-order valence-electron chi connectivity index (χ2n) is 5.62. The zero-order valence-corrected chi connectivity index (χ0v) is 11.3. The number of hydrogen-bond donors (Lipinski definition) is 1. The Balaban J connectivity index is 1.56. The molecule has 2 heterocycles. The van der Waals surface area contributed by atoms with Crippen molar-refractivity contribution in [2.24, 2.45) is 0 Å². The van der Waals surface area contributed by atoms with Crippen molar-refractivity contribution in [2.45, 2.75) is 38.1 Å². The molecule has 1 aromatic carbocycles. The second-order valence-corrected chi connectivity index (χ2v) is 5.62. The first-order valence-electron chi connectivity index (χ1n) is 7.25. The molecule has 1 saturated carbocycles. The molecule has 0 radical (unpaired) electrons. The molecule has 1 aliphatic heterocycles. The van der Waals surface area contributed by atoms with Gasteiger partial charge in [-0.1, -0.05) is 0 Å². The van der Waals surface area contributed by atoms with E-state index in [1.807, 2.05) is 12.1 Å². The summed E-state index contributed by atoms with van der Waals surface area (Å²) in [4.78, 5) is 11.8. The summed E-state index contributed by atoms with van der Waals surface area (Å²) in [5.74, 6) is 1.10. The molecule has 0 unspecified atom stereocenters. The number of rotatable bonds is 4. The molecule has 2 aliphatic rings. The lowest BCUT2D eigenvalue weighted by Gasteiger charge is -2.04. The van der Waals surface area contributed by atoms with Gasteiger partial charge in [0.25, 0.3) is 0 Å². The Morgan fingerprint density at radius 1 is 1.35 bits per heavy atom. The Morgan fingerprint density at radius 3 is 3.10 bits per heavy atom. The number of benzene rings is 1. The predicted octanol–water partition coefficient (Wildman–Crippen LogP) is 2.58. The van der Waals surface area contributed by atoms with Crippen LogP contribution < -0.4 is 10.1 Å². The standard InChI is InChI=1S/C16H17NO3/c18-15(17-11-2-3-11)6-1-10-9-20-14-5-4-13-12(16(10)14)7-8-19-13/h4-5,9,11H,1-3,6-8H2,(H,17,18). The zero-order valence-electron chi connectivity index (χ0n) is 11.3. The second kappa shape index (κ2) is 4.54. The van der Waals surface area contributed by atoms with Gasteiger partial charge >= 0.3 is 0 Å². The van der Waals surface area contributed by atoms with E-state index in [9.17, 15) is 4.79 Å². The van der Waals surface area contributed by atoms with Crippen LogP contribution in [0.5, 0.6) is 5.75 Å². The van der Waals surface area contributed by atoms with E-state index in [1.165, 1.54) is 5.56 Å². The molecule has 0 bridgehead atoms. The molecule has 0 spiro atoms. The number of carbonyl (C=O) groups is 1. The Morgan fingerprint density at radius 2 is 2.25 bits per heavy atom. The minimum absolute atomic E-state index is 0.144. The van der Waals surface area contributed by atoms with Crippen molar-refractivity contribution in [1.82, 2.24) is 5.32 Å². The largest absolute Gasteiger partial charge is 0.493 e. The van der Waals surface area contributed by atoms with E-state index in [1.54, 1.807) is 6.26 Å². The number of carbonyl (C=O) groups excluding carboxylic acids is 1. The molecular formula is C16H17NO3. The predicted molar refractivity (Wildman–Crippen MR) is 74.9 cm³/mol. The van der Waals surface area contributed by atoms with Gasteiger partial charge in [0.2, 0.25) is 5.91 Å². The molecule has 4 rings (SSSR count). The highest BCUT2D eigenvalue weighted by molar-refractivity contribution is 5.88. The summed E-state index contributed by atoms with van der Waals surface area (Å²) < 4.78 is 11.2. The summed E-state index contributed by atoms with van der Waals surface area (Å²) >= 11 is 0. The molecule has 20 heavy (non-hydrogen) atoms. The number of furan rings is 1. The van der Waals surface area contributed by atoms with Gasteiger partial charge in [0, 0.05) is 29.8 Å². The summed E-state index contributed by atoms with van der Waals surface area (Å²) in [7, 11) is 0. The fraction of sp³-hybridized carbons (Fsp3) is 0.438. The fourth-order valence-electron chi connectivity index (χ4n) is 2.86. The highest BCUT2D eigenvalue weighted by atomic mass is 16.5. The normalized spacial score (nSPS) is 17.0. The molecular weight excluding hydrogens is 254 g/mol. The highest BCUT2D eigenvalue weighted by Gasteiger charge is 2.24. The van der Waals surface area contributed by atoms with Crippen molar-refractivity contribution in [3.8, 4) is 5.75 Å². The highest BCUT2D eigenvalue weighted by Crippen LogP contribution is 2.35. The topological polar surface area (TPSA) is 51.5 Å². The van der Waals surface area contributed by atoms with Gasteiger partial charge in [-0.25, -0.2) is 0 Å². The number of aryl methyl sites for hydroxylation is 1. The molecule has 1 amide bonds. The number of nitrogens with one attached hydrogen (secondary N) is 1. The molecule has 0 saturated heterocycles. The lowest BCUT2D eigenvalue weighted by molar-refractivity contribution is -0.121. The van der Waals surface area contributed by atoms with Crippen LogP contribution in [0.1, 0.15) is 30.4 Å². The summed E-state index contributed by atoms with van der Waals surface area (Å²) in [6, 6.07) is 4.35. The maximum Gasteiger partial charge on any atom is 0.220 e. The van der Waals surface area contributed by atoms with Crippen molar-refractivity contribution in [2.75, 3.05) is 6.61 Å². The van der Waals surface area contributed by atoms with E-state index < -0.39 is 0 Å². The van der Waals surface area contributed by atoms with Gasteiger partial charge < -0.3 is 14.5 Å². The summed E-state index contributed by atoms with van der Waals surface area (Å²) in [6.45, 7) is 0.737. The third-order valence-electron chi connectivity index (χ3n) is 4.05. The van der Waals surface area contributed by atoms with Crippen LogP contribution in [0.4, 0.5) is 0 Å². The van der Waals surface area contributed by atoms with E-state index in [0.29, 0.717) is 12.5 Å². The van der Waals surface area contributed by atoms with E-state index in [-0.39, 0.29) is 5.91 Å². The van der Waals surface area contributed by atoms with Crippen LogP contribution in [-0.4, -0.2) is 18.6 Å².